The van der Waals surface area contributed by atoms with Crippen LogP contribution in [-0.2, 0) is 6.42 Å². The summed E-state index contributed by atoms with van der Waals surface area (Å²) in [5, 5.41) is 9.36. The summed E-state index contributed by atoms with van der Waals surface area (Å²) in [6.07, 6.45) is 0.466. The molecule has 0 spiro atoms. The number of alkyl halides is 1. The fourth-order valence-corrected chi connectivity index (χ4v) is 2.28. The minimum atomic E-state index is -0.210. The van der Waals surface area contributed by atoms with Crippen LogP contribution in [0.3, 0.4) is 0 Å². The van der Waals surface area contributed by atoms with Gasteiger partial charge in [0.15, 0.2) is 0 Å². The van der Waals surface area contributed by atoms with Crippen LogP contribution in [0.4, 0.5) is 4.39 Å². The topological polar surface area (TPSA) is 25.8 Å². The lowest BCUT2D eigenvalue weighted by atomic mass is 10.1. The molecule has 0 saturated heterocycles. The van der Waals surface area contributed by atoms with Crippen LogP contribution >= 0.6 is 22.9 Å². The van der Waals surface area contributed by atoms with Gasteiger partial charge in [0.05, 0.1) is 5.38 Å². The van der Waals surface area contributed by atoms with Crippen molar-refractivity contribution < 1.29 is 4.39 Å². The van der Waals surface area contributed by atoms with Gasteiger partial charge in [-0.3, -0.25) is 0 Å². The SMILES string of the molecule is CC(Cl)c1nnc(Cc2ccccc2F)s1. The van der Waals surface area contributed by atoms with Crippen molar-refractivity contribution in [1.82, 2.24) is 10.2 Å². The summed E-state index contributed by atoms with van der Waals surface area (Å²) in [5.74, 6) is -0.210. The van der Waals surface area contributed by atoms with Gasteiger partial charge in [-0.25, -0.2) is 4.39 Å². The predicted octanol–water partition coefficient (Wildman–Crippen LogP) is 3.57. The third-order valence-electron chi connectivity index (χ3n) is 2.12. The van der Waals surface area contributed by atoms with E-state index in [-0.39, 0.29) is 11.2 Å². The van der Waals surface area contributed by atoms with E-state index in [1.165, 1.54) is 17.4 Å². The van der Waals surface area contributed by atoms with Gasteiger partial charge in [-0.05, 0) is 18.6 Å². The summed E-state index contributed by atoms with van der Waals surface area (Å²) >= 11 is 7.31. The minimum Gasteiger partial charge on any atom is -0.207 e. The number of hydrogen-bond donors (Lipinski definition) is 0. The van der Waals surface area contributed by atoms with E-state index in [1.807, 2.05) is 13.0 Å². The first-order valence-corrected chi connectivity index (χ1v) is 6.12. The molecule has 0 radical (unpaired) electrons. The smallest absolute Gasteiger partial charge is 0.135 e. The Balaban J connectivity index is 2.18. The van der Waals surface area contributed by atoms with Gasteiger partial charge in [0.25, 0.3) is 0 Å². The second-order valence-corrected chi connectivity index (χ2v) is 5.17. The van der Waals surface area contributed by atoms with E-state index in [1.54, 1.807) is 12.1 Å². The maximum Gasteiger partial charge on any atom is 0.135 e. The highest BCUT2D eigenvalue weighted by Crippen LogP contribution is 2.24. The molecule has 2 nitrogen and oxygen atoms in total. The van der Waals surface area contributed by atoms with Crippen molar-refractivity contribution in [2.75, 3.05) is 0 Å². The Labute approximate surface area is 102 Å². The van der Waals surface area contributed by atoms with Gasteiger partial charge in [-0.1, -0.05) is 29.5 Å². The molecule has 0 N–H and O–H groups in total. The van der Waals surface area contributed by atoms with Crippen LogP contribution in [0.15, 0.2) is 24.3 Å². The number of aromatic nitrogens is 2. The second-order valence-electron chi connectivity index (χ2n) is 3.42. The van der Waals surface area contributed by atoms with E-state index in [0.29, 0.717) is 12.0 Å². The highest BCUT2D eigenvalue weighted by molar-refractivity contribution is 7.11. The average Bonchev–Trinajstić information content (AvgIpc) is 2.70. The monoisotopic (exact) mass is 256 g/mol. The maximum absolute atomic E-state index is 13.4. The quantitative estimate of drug-likeness (QED) is 0.785. The molecule has 0 aliphatic rings. The molecule has 5 heteroatoms. The number of nitrogens with zero attached hydrogens (tertiary/aromatic N) is 2. The van der Waals surface area contributed by atoms with Crippen LogP contribution in [0.2, 0.25) is 0 Å². The fraction of sp³-hybridized carbons (Fsp3) is 0.273. The Morgan fingerprint density at radius 3 is 2.75 bits per heavy atom. The molecule has 0 fully saturated rings. The standard InChI is InChI=1S/C11H10ClFN2S/c1-7(12)11-15-14-10(16-11)6-8-4-2-3-5-9(8)13/h2-5,7H,6H2,1H3. The molecule has 0 bridgehead atoms. The van der Waals surface area contributed by atoms with Crippen molar-refractivity contribution in [3.8, 4) is 0 Å². The van der Waals surface area contributed by atoms with Crippen LogP contribution in [0.5, 0.6) is 0 Å². The molecule has 2 rings (SSSR count). The molecule has 84 valence electrons. The van der Waals surface area contributed by atoms with Crippen molar-refractivity contribution in [3.05, 3.63) is 45.7 Å². The third kappa shape index (κ3) is 2.57. The van der Waals surface area contributed by atoms with Gasteiger partial charge < -0.3 is 0 Å². The number of benzene rings is 1. The highest BCUT2D eigenvalue weighted by atomic mass is 35.5. The van der Waals surface area contributed by atoms with Gasteiger partial charge in [0.2, 0.25) is 0 Å². The molecule has 1 aromatic heterocycles. The lowest BCUT2D eigenvalue weighted by Gasteiger charge is -1.98. The molecule has 0 amide bonds. The molecule has 2 aromatic rings. The Morgan fingerprint density at radius 1 is 1.38 bits per heavy atom. The van der Waals surface area contributed by atoms with E-state index in [2.05, 4.69) is 10.2 Å². The van der Waals surface area contributed by atoms with Crippen molar-refractivity contribution in [1.29, 1.82) is 0 Å². The first-order valence-electron chi connectivity index (χ1n) is 4.86. The lowest BCUT2D eigenvalue weighted by Crippen LogP contribution is -1.91. The molecule has 1 heterocycles. The zero-order valence-corrected chi connectivity index (χ0v) is 10.2. The third-order valence-corrected chi connectivity index (χ3v) is 3.56. The Morgan fingerprint density at radius 2 is 2.12 bits per heavy atom. The van der Waals surface area contributed by atoms with E-state index < -0.39 is 0 Å². The van der Waals surface area contributed by atoms with Crippen molar-refractivity contribution >= 4 is 22.9 Å². The van der Waals surface area contributed by atoms with Gasteiger partial charge in [0.1, 0.15) is 15.8 Å². The molecule has 0 aliphatic heterocycles. The van der Waals surface area contributed by atoms with Gasteiger partial charge in [-0.2, -0.15) is 0 Å². The number of halogens is 2. The average molecular weight is 257 g/mol. The predicted molar refractivity (Wildman–Crippen MR) is 63.4 cm³/mol. The molecule has 1 atom stereocenters. The summed E-state index contributed by atoms with van der Waals surface area (Å²) in [5.41, 5.74) is 0.632. The largest absolute Gasteiger partial charge is 0.207 e. The Kier molecular flexibility index (Phi) is 3.51. The molecule has 1 aromatic carbocycles. The molecule has 0 saturated carbocycles. The van der Waals surface area contributed by atoms with Crippen LogP contribution < -0.4 is 0 Å². The summed E-state index contributed by atoms with van der Waals surface area (Å²) in [6, 6.07) is 6.68. The zero-order valence-electron chi connectivity index (χ0n) is 8.65. The zero-order chi connectivity index (χ0) is 11.5. The van der Waals surface area contributed by atoms with Crippen molar-refractivity contribution in [3.63, 3.8) is 0 Å². The number of rotatable bonds is 3. The minimum absolute atomic E-state index is 0.146. The van der Waals surface area contributed by atoms with Crippen molar-refractivity contribution in [2.24, 2.45) is 0 Å². The summed E-state index contributed by atoms with van der Waals surface area (Å²) in [7, 11) is 0. The summed E-state index contributed by atoms with van der Waals surface area (Å²) in [4.78, 5) is 0. The van der Waals surface area contributed by atoms with Crippen molar-refractivity contribution in [2.45, 2.75) is 18.7 Å². The van der Waals surface area contributed by atoms with E-state index >= 15 is 0 Å². The van der Waals surface area contributed by atoms with Gasteiger partial charge in [-0.15, -0.1) is 21.8 Å². The van der Waals surface area contributed by atoms with Gasteiger partial charge >= 0.3 is 0 Å². The van der Waals surface area contributed by atoms with Crippen LogP contribution in [0.25, 0.3) is 0 Å². The fourth-order valence-electron chi connectivity index (χ4n) is 1.30. The van der Waals surface area contributed by atoms with E-state index in [0.717, 1.165) is 10.0 Å². The second kappa shape index (κ2) is 4.89. The van der Waals surface area contributed by atoms with Crippen LogP contribution in [0, 0.1) is 5.82 Å². The summed E-state index contributed by atoms with van der Waals surface area (Å²) in [6.45, 7) is 1.84. The molecule has 0 aliphatic carbocycles. The normalized spacial score (nSPS) is 12.7. The Bertz CT molecular complexity index is 484. The molecule has 1 unspecified atom stereocenters. The maximum atomic E-state index is 13.4. The number of hydrogen-bond acceptors (Lipinski definition) is 3. The molecular weight excluding hydrogens is 247 g/mol. The summed E-state index contributed by atoms with van der Waals surface area (Å²) < 4.78 is 13.4. The van der Waals surface area contributed by atoms with E-state index in [4.69, 9.17) is 11.6 Å². The lowest BCUT2D eigenvalue weighted by molar-refractivity contribution is 0.613. The van der Waals surface area contributed by atoms with Gasteiger partial charge in [0, 0.05) is 6.42 Å². The Hall–Kier alpha value is -1.00. The van der Waals surface area contributed by atoms with Crippen LogP contribution in [0.1, 0.15) is 27.9 Å². The van der Waals surface area contributed by atoms with Crippen LogP contribution in [-0.4, -0.2) is 10.2 Å². The van der Waals surface area contributed by atoms with E-state index in [9.17, 15) is 4.39 Å². The first-order chi connectivity index (χ1) is 7.66. The highest BCUT2D eigenvalue weighted by Gasteiger charge is 2.10. The molecule has 16 heavy (non-hydrogen) atoms. The first kappa shape index (κ1) is 11.5. The molecular formula is C11H10ClFN2S.